The number of piperidine rings is 1. The molecule has 4 heteroatoms. The maximum Gasteiger partial charge on any atom is 0.0782 e. The molecule has 1 saturated heterocycles. The SMILES string of the molecule is CC(C)Cc1[nH]ncc1N1CCC(N)CC1. The normalized spacial score (nSPS) is 18.4. The molecule has 1 aliphatic rings. The molecule has 16 heavy (non-hydrogen) atoms. The summed E-state index contributed by atoms with van der Waals surface area (Å²) in [6.45, 7) is 6.59. The molecule has 0 amide bonds. The van der Waals surface area contributed by atoms with Crippen LogP contribution in [0.25, 0.3) is 0 Å². The van der Waals surface area contributed by atoms with Gasteiger partial charge in [-0.1, -0.05) is 13.8 Å². The van der Waals surface area contributed by atoms with Crippen molar-refractivity contribution in [3.63, 3.8) is 0 Å². The first kappa shape index (κ1) is 11.5. The van der Waals surface area contributed by atoms with E-state index in [1.807, 2.05) is 6.20 Å². The minimum absolute atomic E-state index is 0.386. The zero-order chi connectivity index (χ0) is 11.5. The lowest BCUT2D eigenvalue weighted by molar-refractivity contribution is 0.499. The van der Waals surface area contributed by atoms with Gasteiger partial charge in [0.25, 0.3) is 0 Å². The smallest absolute Gasteiger partial charge is 0.0782 e. The van der Waals surface area contributed by atoms with Gasteiger partial charge in [-0.25, -0.2) is 0 Å². The van der Waals surface area contributed by atoms with Crippen LogP contribution in [0, 0.1) is 5.92 Å². The van der Waals surface area contributed by atoms with Gasteiger partial charge < -0.3 is 10.6 Å². The van der Waals surface area contributed by atoms with E-state index in [0.29, 0.717) is 12.0 Å². The summed E-state index contributed by atoms with van der Waals surface area (Å²) >= 11 is 0. The number of aromatic nitrogens is 2. The summed E-state index contributed by atoms with van der Waals surface area (Å²) in [5.74, 6) is 0.659. The predicted molar refractivity (Wildman–Crippen MR) is 66.6 cm³/mol. The fraction of sp³-hybridized carbons (Fsp3) is 0.750. The molecule has 1 aromatic rings. The number of rotatable bonds is 3. The largest absolute Gasteiger partial charge is 0.369 e. The van der Waals surface area contributed by atoms with Crippen molar-refractivity contribution < 1.29 is 0 Å². The van der Waals surface area contributed by atoms with E-state index in [9.17, 15) is 0 Å². The molecule has 1 aliphatic heterocycles. The number of anilines is 1. The third kappa shape index (κ3) is 2.55. The average Bonchev–Trinajstić information content (AvgIpc) is 2.66. The molecule has 0 unspecified atom stereocenters. The van der Waals surface area contributed by atoms with E-state index in [-0.39, 0.29) is 0 Å². The fourth-order valence-corrected chi connectivity index (χ4v) is 2.28. The molecule has 2 rings (SSSR count). The number of H-pyrrole nitrogens is 1. The number of hydrogen-bond acceptors (Lipinski definition) is 3. The van der Waals surface area contributed by atoms with E-state index in [1.54, 1.807) is 0 Å². The molecular formula is C12H22N4. The van der Waals surface area contributed by atoms with Crippen molar-refractivity contribution in [3.8, 4) is 0 Å². The van der Waals surface area contributed by atoms with Gasteiger partial charge >= 0.3 is 0 Å². The highest BCUT2D eigenvalue weighted by atomic mass is 15.2. The van der Waals surface area contributed by atoms with Crippen LogP contribution in [0.4, 0.5) is 5.69 Å². The van der Waals surface area contributed by atoms with Gasteiger partial charge in [-0.2, -0.15) is 5.10 Å². The zero-order valence-corrected chi connectivity index (χ0v) is 10.2. The number of nitrogens with zero attached hydrogens (tertiary/aromatic N) is 2. The summed E-state index contributed by atoms with van der Waals surface area (Å²) in [6, 6.07) is 0.386. The molecule has 0 aromatic carbocycles. The summed E-state index contributed by atoms with van der Waals surface area (Å²) in [7, 11) is 0. The molecule has 4 nitrogen and oxygen atoms in total. The van der Waals surface area contributed by atoms with E-state index in [0.717, 1.165) is 32.4 Å². The molecule has 3 N–H and O–H groups in total. The standard InChI is InChI=1S/C12H22N4/c1-9(2)7-11-12(8-14-15-11)16-5-3-10(13)4-6-16/h8-10H,3-7,13H2,1-2H3,(H,14,15). The monoisotopic (exact) mass is 222 g/mol. The van der Waals surface area contributed by atoms with Crippen molar-refractivity contribution in [3.05, 3.63) is 11.9 Å². The molecule has 1 aromatic heterocycles. The Morgan fingerprint density at radius 2 is 2.19 bits per heavy atom. The van der Waals surface area contributed by atoms with E-state index >= 15 is 0 Å². The quantitative estimate of drug-likeness (QED) is 0.815. The third-order valence-corrected chi connectivity index (χ3v) is 3.19. The average molecular weight is 222 g/mol. The first-order valence-electron chi connectivity index (χ1n) is 6.19. The molecular weight excluding hydrogens is 200 g/mol. The molecule has 0 saturated carbocycles. The highest BCUT2D eigenvalue weighted by Gasteiger charge is 2.19. The minimum Gasteiger partial charge on any atom is -0.369 e. The Morgan fingerprint density at radius 3 is 2.81 bits per heavy atom. The molecule has 0 atom stereocenters. The van der Waals surface area contributed by atoms with E-state index < -0.39 is 0 Å². The molecule has 2 heterocycles. The Bertz CT molecular complexity index is 324. The molecule has 0 bridgehead atoms. The van der Waals surface area contributed by atoms with E-state index in [1.165, 1.54) is 11.4 Å². The first-order valence-corrected chi connectivity index (χ1v) is 6.19. The lowest BCUT2D eigenvalue weighted by Gasteiger charge is -2.31. The summed E-state index contributed by atoms with van der Waals surface area (Å²) in [4.78, 5) is 2.41. The van der Waals surface area contributed by atoms with Gasteiger partial charge in [0.1, 0.15) is 0 Å². The molecule has 90 valence electrons. The van der Waals surface area contributed by atoms with Crippen molar-refractivity contribution in [1.29, 1.82) is 0 Å². The fourth-order valence-electron chi connectivity index (χ4n) is 2.28. The maximum atomic E-state index is 5.92. The van der Waals surface area contributed by atoms with Crippen LogP contribution in [0.15, 0.2) is 6.20 Å². The third-order valence-electron chi connectivity index (χ3n) is 3.19. The lowest BCUT2D eigenvalue weighted by Crippen LogP contribution is -2.39. The maximum absolute atomic E-state index is 5.92. The van der Waals surface area contributed by atoms with Crippen LogP contribution in [0.5, 0.6) is 0 Å². The van der Waals surface area contributed by atoms with Crippen molar-refractivity contribution in [1.82, 2.24) is 10.2 Å². The van der Waals surface area contributed by atoms with Crippen LogP contribution in [0.3, 0.4) is 0 Å². The van der Waals surface area contributed by atoms with Crippen molar-refractivity contribution >= 4 is 5.69 Å². The summed E-state index contributed by atoms with van der Waals surface area (Å²) in [5.41, 5.74) is 8.47. The Labute approximate surface area is 97.2 Å². The van der Waals surface area contributed by atoms with E-state index in [4.69, 9.17) is 5.73 Å². The van der Waals surface area contributed by atoms with E-state index in [2.05, 4.69) is 28.9 Å². The highest BCUT2D eigenvalue weighted by Crippen LogP contribution is 2.23. The Kier molecular flexibility index (Phi) is 3.49. The van der Waals surface area contributed by atoms with Gasteiger partial charge in [-0.15, -0.1) is 0 Å². The molecule has 0 radical (unpaired) electrons. The summed E-state index contributed by atoms with van der Waals surface area (Å²) < 4.78 is 0. The number of aromatic amines is 1. The van der Waals surface area contributed by atoms with Gasteiger partial charge in [0.2, 0.25) is 0 Å². The van der Waals surface area contributed by atoms with Crippen LogP contribution in [-0.4, -0.2) is 29.3 Å². The second kappa shape index (κ2) is 4.87. The van der Waals surface area contributed by atoms with Crippen molar-refractivity contribution in [2.75, 3.05) is 18.0 Å². The minimum atomic E-state index is 0.386. The Morgan fingerprint density at radius 1 is 1.50 bits per heavy atom. The molecule has 0 spiro atoms. The van der Waals surface area contributed by atoms with Crippen LogP contribution < -0.4 is 10.6 Å². The van der Waals surface area contributed by atoms with Crippen LogP contribution in [0.1, 0.15) is 32.4 Å². The van der Waals surface area contributed by atoms with Crippen LogP contribution in [0.2, 0.25) is 0 Å². The number of hydrogen-bond donors (Lipinski definition) is 2. The second-order valence-corrected chi connectivity index (χ2v) is 5.16. The molecule has 0 aliphatic carbocycles. The van der Waals surface area contributed by atoms with Crippen LogP contribution in [-0.2, 0) is 6.42 Å². The van der Waals surface area contributed by atoms with Gasteiger partial charge in [0, 0.05) is 19.1 Å². The summed E-state index contributed by atoms with van der Waals surface area (Å²) in [5, 5.41) is 7.29. The Balaban J connectivity index is 2.05. The number of nitrogens with one attached hydrogen (secondary N) is 1. The predicted octanol–water partition coefficient (Wildman–Crippen LogP) is 1.54. The first-order chi connectivity index (χ1) is 7.66. The van der Waals surface area contributed by atoms with Crippen molar-refractivity contribution in [2.45, 2.75) is 39.2 Å². The zero-order valence-electron chi connectivity index (χ0n) is 10.2. The second-order valence-electron chi connectivity index (χ2n) is 5.16. The van der Waals surface area contributed by atoms with Gasteiger partial charge in [-0.05, 0) is 25.2 Å². The highest BCUT2D eigenvalue weighted by molar-refractivity contribution is 5.49. The summed E-state index contributed by atoms with van der Waals surface area (Å²) in [6.07, 6.45) is 5.20. The van der Waals surface area contributed by atoms with Crippen molar-refractivity contribution in [2.24, 2.45) is 11.7 Å². The Hall–Kier alpha value is -1.03. The molecule has 1 fully saturated rings. The topological polar surface area (TPSA) is 57.9 Å². The van der Waals surface area contributed by atoms with Gasteiger partial charge in [0.05, 0.1) is 17.6 Å². The van der Waals surface area contributed by atoms with Gasteiger partial charge in [0.15, 0.2) is 0 Å². The lowest BCUT2D eigenvalue weighted by atomic mass is 10.0. The van der Waals surface area contributed by atoms with Gasteiger partial charge in [-0.3, -0.25) is 5.10 Å². The van der Waals surface area contributed by atoms with Crippen LogP contribution >= 0.6 is 0 Å². The number of nitrogens with two attached hydrogens (primary N) is 1.